The van der Waals surface area contributed by atoms with Gasteiger partial charge in [-0.1, -0.05) is 60.7 Å². The van der Waals surface area contributed by atoms with Gasteiger partial charge in [0.25, 0.3) is 5.91 Å². The van der Waals surface area contributed by atoms with Gasteiger partial charge in [0, 0.05) is 13.1 Å². The normalized spacial score (nSPS) is 22.9. The maximum Gasteiger partial charge on any atom is 0.325 e. The monoisotopic (exact) mass is 415 g/mol. The third-order valence-electron chi connectivity index (χ3n) is 6.65. The van der Waals surface area contributed by atoms with E-state index in [0.29, 0.717) is 19.5 Å². The summed E-state index contributed by atoms with van der Waals surface area (Å²) in [5.74, 6) is -0.511. The second kappa shape index (κ2) is 7.69. The number of urea groups is 1. The number of carbonyl (C=O) groups is 3. The minimum atomic E-state index is -1.03. The van der Waals surface area contributed by atoms with Crippen molar-refractivity contribution < 1.29 is 14.4 Å². The predicted molar refractivity (Wildman–Crippen MR) is 117 cm³/mol. The lowest BCUT2D eigenvalue weighted by molar-refractivity contribution is -0.139. The maximum absolute atomic E-state index is 13.4. The zero-order valence-electron chi connectivity index (χ0n) is 17.3. The van der Waals surface area contributed by atoms with Gasteiger partial charge in [-0.15, -0.1) is 0 Å². The Hall–Kier alpha value is -3.41. The Morgan fingerprint density at radius 1 is 1.00 bits per heavy atom. The van der Waals surface area contributed by atoms with Crippen LogP contribution in [0.25, 0.3) is 5.57 Å². The van der Waals surface area contributed by atoms with Crippen LogP contribution in [0.5, 0.6) is 0 Å². The summed E-state index contributed by atoms with van der Waals surface area (Å²) in [6.45, 7) is 0.848. The van der Waals surface area contributed by atoms with Crippen LogP contribution < -0.4 is 5.32 Å². The SMILES string of the molecule is O=C(CN1C(=O)N[C@]2(CCCc3ccccc32)C1=O)N1CC=C(c2ccccc2)CC1. The van der Waals surface area contributed by atoms with E-state index >= 15 is 0 Å². The van der Waals surface area contributed by atoms with Crippen LogP contribution in [0, 0.1) is 0 Å². The Kier molecular flexibility index (Phi) is 4.85. The van der Waals surface area contributed by atoms with Gasteiger partial charge < -0.3 is 10.2 Å². The van der Waals surface area contributed by atoms with E-state index in [1.807, 2.05) is 42.5 Å². The standard InChI is InChI=1S/C25H25N3O3/c29-22(27-15-12-19(13-16-27)18-7-2-1-3-8-18)17-28-23(30)25(26-24(28)31)14-6-10-20-9-4-5-11-21(20)25/h1-5,7-9,11-12H,6,10,13-17H2,(H,26,31)/t25-/m0/s1. The van der Waals surface area contributed by atoms with Crippen LogP contribution in [0.15, 0.2) is 60.7 Å². The van der Waals surface area contributed by atoms with E-state index < -0.39 is 11.6 Å². The van der Waals surface area contributed by atoms with Gasteiger partial charge >= 0.3 is 6.03 Å². The van der Waals surface area contributed by atoms with Crippen molar-refractivity contribution in [1.29, 1.82) is 0 Å². The number of amides is 4. The van der Waals surface area contributed by atoms with Gasteiger partial charge in [0.05, 0.1) is 0 Å². The predicted octanol–water partition coefficient (Wildman–Crippen LogP) is 3.09. The average Bonchev–Trinajstić information content (AvgIpc) is 3.04. The summed E-state index contributed by atoms with van der Waals surface area (Å²) in [5.41, 5.74) is 3.31. The van der Waals surface area contributed by atoms with Gasteiger partial charge in [-0.05, 0) is 47.9 Å². The Balaban J connectivity index is 1.30. The molecule has 1 aliphatic carbocycles. The molecule has 2 aliphatic heterocycles. The minimum absolute atomic E-state index is 0.201. The number of benzene rings is 2. The van der Waals surface area contributed by atoms with E-state index in [1.165, 1.54) is 11.1 Å². The number of carbonyl (C=O) groups excluding carboxylic acids is 3. The molecule has 31 heavy (non-hydrogen) atoms. The second-order valence-corrected chi connectivity index (χ2v) is 8.42. The fourth-order valence-corrected chi connectivity index (χ4v) is 5.00. The third-order valence-corrected chi connectivity index (χ3v) is 6.65. The van der Waals surface area contributed by atoms with Crippen molar-refractivity contribution in [3.8, 4) is 0 Å². The Labute approximate surface area is 181 Å². The number of fused-ring (bicyclic) bond motifs is 2. The van der Waals surface area contributed by atoms with Gasteiger partial charge in [0.2, 0.25) is 5.91 Å². The van der Waals surface area contributed by atoms with E-state index in [0.717, 1.165) is 35.3 Å². The molecule has 1 atom stereocenters. The Morgan fingerprint density at radius 3 is 2.55 bits per heavy atom. The number of imide groups is 1. The number of hydrogen-bond donors (Lipinski definition) is 1. The number of aryl methyl sites for hydroxylation is 1. The van der Waals surface area contributed by atoms with E-state index in [1.54, 1.807) is 4.90 Å². The van der Waals surface area contributed by atoms with Crippen LogP contribution in [0.4, 0.5) is 4.79 Å². The molecule has 1 saturated heterocycles. The number of nitrogens with zero attached hydrogens (tertiary/aromatic N) is 2. The average molecular weight is 415 g/mol. The number of hydrogen-bond acceptors (Lipinski definition) is 3. The number of nitrogens with one attached hydrogen (secondary N) is 1. The van der Waals surface area contributed by atoms with Gasteiger partial charge in [-0.25, -0.2) is 4.79 Å². The van der Waals surface area contributed by atoms with Gasteiger partial charge in [0.15, 0.2) is 0 Å². The van der Waals surface area contributed by atoms with Crippen LogP contribution in [0.1, 0.15) is 36.0 Å². The van der Waals surface area contributed by atoms with E-state index in [9.17, 15) is 14.4 Å². The molecule has 0 bridgehead atoms. The number of rotatable bonds is 3. The highest BCUT2D eigenvalue weighted by molar-refractivity contribution is 6.09. The van der Waals surface area contributed by atoms with Gasteiger partial charge in [0.1, 0.15) is 12.1 Å². The van der Waals surface area contributed by atoms with Crippen LogP contribution >= 0.6 is 0 Å². The topological polar surface area (TPSA) is 69.7 Å². The van der Waals surface area contributed by atoms with Crippen molar-refractivity contribution in [2.45, 2.75) is 31.2 Å². The molecule has 0 saturated carbocycles. The fraction of sp³-hybridized carbons (Fsp3) is 0.320. The second-order valence-electron chi connectivity index (χ2n) is 8.42. The molecule has 5 rings (SSSR count). The zero-order valence-corrected chi connectivity index (χ0v) is 17.3. The lowest BCUT2D eigenvalue weighted by Gasteiger charge is -2.33. The van der Waals surface area contributed by atoms with Crippen LogP contribution in [-0.4, -0.2) is 47.3 Å². The largest absolute Gasteiger partial charge is 0.337 e. The lowest BCUT2D eigenvalue weighted by Crippen LogP contribution is -2.48. The molecular formula is C25H25N3O3. The molecule has 1 spiro atoms. The molecule has 2 aromatic rings. The third kappa shape index (κ3) is 3.32. The zero-order chi connectivity index (χ0) is 21.4. The maximum atomic E-state index is 13.4. The summed E-state index contributed by atoms with van der Waals surface area (Å²) in [7, 11) is 0. The summed E-state index contributed by atoms with van der Waals surface area (Å²) in [5, 5.41) is 2.92. The molecule has 0 unspecified atom stereocenters. The summed E-state index contributed by atoms with van der Waals surface area (Å²) >= 11 is 0. The highest BCUT2D eigenvalue weighted by Gasteiger charge is 2.54. The molecule has 0 aromatic heterocycles. The molecule has 1 fully saturated rings. The fourth-order valence-electron chi connectivity index (χ4n) is 5.00. The van der Waals surface area contributed by atoms with E-state index in [2.05, 4.69) is 23.5 Å². The molecule has 0 radical (unpaired) electrons. The van der Waals surface area contributed by atoms with Crippen molar-refractivity contribution in [3.63, 3.8) is 0 Å². The summed E-state index contributed by atoms with van der Waals surface area (Å²) in [6.07, 6.45) is 5.09. The van der Waals surface area contributed by atoms with Crippen LogP contribution in [-0.2, 0) is 21.5 Å². The molecule has 158 valence electrons. The highest BCUT2D eigenvalue weighted by atomic mass is 16.2. The first-order chi connectivity index (χ1) is 15.1. The first-order valence-electron chi connectivity index (χ1n) is 10.8. The van der Waals surface area contributed by atoms with E-state index in [-0.39, 0.29) is 18.4 Å². The van der Waals surface area contributed by atoms with Crippen LogP contribution in [0.3, 0.4) is 0 Å². The lowest BCUT2D eigenvalue weighted by atomic mass is 9.76. The van der Waals surface area contributed by atoms with Crippen molar-refractivity contribution in [3.05, 3.63) is 77.4 Å². The van der Waals surface area contributed by atoms with Crippen LogP contribution in [0.2, 0.25) is 0 Å². The summed E-state index contributed by atoms with van der Waals surface area (Å²) in [6, 6.07) is 17.4. The van der Waals surface area contributed by atoms with Gasteiger partial charge in [-0.3, -0.25) is 14.5 Å². The molecule has 2 aromatic carbocycles. The molecule has 3 aliphatic rings. The van der Waals surface area contributed by atoms with Crippen molar-refractivity contribution in [1.82, 2.24) is 15.1 Å². The molecule has 6 heteroatoms. The molecule has 4 amide bonds. The Morgan fingerprint density at radius 2 is 1.77 bits per heavy atom. The van der Waals surface area contributed by atoms with E-state index in [4.69, 9.17) is 0 Å². The molecular weight excluding hydrogens is 390 g/mol. The quantitative estimate of drug-likeness (QED) is 0.784. The molecule has 6 nitrogen and oxygen atoms in total. The first-order valence-corrected chi connectivity index (χ1v) is 10.8. The minimum Gasteiger partial charge on any atom is -0.337 e. The smallest absolute Gasteiger partial charge is 0.325 e. The highest BCUT2D eigenvalue weighted by Crippen LogP contribution is 2.39. The van der Waals surface area contributed by atoms with Gasteiger partial charge in [-0.2, -0.15) is 0 Å². The molecule has 1 N–H and O–H groups in total. The Bertz CT molecular complexity index is 1080. The van der Waals surface area contributed by atoms with Crippen molar-refractivity contribution in [2.24, 2.45) is 0 Å². The first kappa shape index (κ1) is 19.5. The van der Waals surface area contributed by atoms with Crippen molar-refractivity contribution >= 4 is 23.4 Å². The summed E-state index contributed by atoms with van der Waals surface area (Å²) in [4.78, 5) is 41.8. The molecule has 2 heterocycles. The van der Waals surface area contributed by atoms with Crippen molar-refractivity contribution in [2.75, 3.05) is 19.6 Å². The summed E-state index contributed by atoms with van der Waals surface area (Å²) < 4.78 is 0.